The molecule has 6 nitrogen and oxygen atoms in total. The molecule has 0 bridgehead atoms. The van der Waals surface area contributed by atoms with Crippen LogP contribution in [0.25, 0.3) is 5.65 Å². The van der Waals surface area contributed by atoms with Gasteiger partial charge in [0, 0.05) is 6.07 Å². The lowest BCUT2D eigenvalue weighted by molar-refractivity contribution is 0.0593. The standard InChI is InChI=1S/C9H8BrN3O3/c1-15-6-4-3-5-11-7(9(14)16-2)8(10)13(5)12-6/h3-4H,1-2H3. The molecule has 84 valence electrons. The van der Waals surface area contributed by atoms with Gasteiger partial charge in [-0.15, -0.1) is 5.10 Å². The summed E-state index contributed by atoms with van der Waals surface area (Å²) in [6, 6.07) is 3.36. The van der Waals surface area contributed by atoms with E-state index in [9.17, 15) is 4.79 Å². The predicted molar refractivity (Wildman–Crippen MR) is 58.6 cm³/mol. The molecular weight excluding hydrogens is 278 g/mol. The first-order chi connectivity index (χ1) is 7.67. The number of esters is 1. The highest BCUT2D eigenvalue weighted by molar-refractivity contribution is 9.10. The molecule has 0 amide bonds. The molecule has 0 unspecified atom stereocenters. The number of carbonyl (C=O) groups is 1. The normalized spacial score (nSPS) is 10.4. The maximum atomic E-state index is 11.4. The molecule has 2 rings (SSSR count). The van der Waals surface area contributed by atoms with Gasteiger partial charge in [0.1, 0.15) is 4.60 Å². The van der Waals surface area contributed by atoms with Crippen LogP contribution in [0.2, 0.25) is 0 Å². The number of hydrogen-bond acceptors (Lipinski definition) is 5. The summed E-state index contributed by atoms with van der Waals surface area (Å²) in [5.41, 5.74) is 0.719. The van der Waals surface area contributed by atoms with Crippen LogP contribution >= 0.6 is 15.9 Å². The molecule has 0 radical (unpaired) electrons. The van der Waals surface area contributed by atoms with Gasteiger partial charge >= 0.3 is 5.97 Å². The molecule has 0 atom stereocenters. The summed E-state index contributed by atoms with van der Waals surface area (Å²) >= 11 is 3.24. The Kier molecular flexibility index (Phi) is 2.78. The van der Waals surface area contributed by atoms with Crippen LogP contribution in [0.4, 0.5) is 0 Å². The third-order valence-corrected chi connectivity index (χ3v) is 2.70. The maximum Gasteiger partial charge on any atom is 0.359 e. The fourth-order valence-corrected chi connectivity index (χ4v) is 1.74. The minimum atomic E-state index is -0.517. The smallest absolute Gasteiger partial charge is 0.359 e. The van der Waals surface area contributed by atoms with Gasteiger partial charge in [0.2, 0.25) is 5.88 Å². The van der Waals surface area contributed by atoms with Crippen molar-refractivity contribution in [1.29, 1.82) is 0 Å². The predicted octanol–water partition coefficient (Wildman–Crippen LogP) is 1.29. The van der Waals surface area contributed by atoms with Crippen molar-refractivity contribution in [3.8, 4) is 5.88 Å². The Hall–Kier alpha value is -1.63. The topological polar surface area (TPSA) is 65.7 Å². The van der Waals surface area contributed by atoms with Crippen molar-refractivity contribution in [2.45, 2.75) is 0 Å². The zero-order valence-corrected chi connectivity index (χ0v) is 10.2. The average Bonchev–Trinajstić information content (AvgIpc) is 2.65. The van der Waals surface area contributed by atoms with E-state index in [1.165, 1.54) is 18.7 Å². The monoisotopic (exact) mass is 285 g/mol. The van der Waals surface area contributed by atoms with E-state index < -0.39 is 5.97 Å². The lowest BCUT2D eigenvalue weighted by Gasteiger charge is -1.98. The molecule has 0 N–H and O–H groups in total. The highest BCUT2D eigenvalue weighted by Crippen LogP contribution is 2.20. The highest BCUT2D eigenvalue weighted by Gasteiger charge is 2.18. The van der Waals surface area contributed by atoms with Gasteiger partial charge in [-0.3, -0.25) is 0 Å². The number of carbonyl (C=O) groups excluding carboxylic acids is 1. The van der Waals surface area contributed by atoms with Crippen LogP contribution < -0.4 is 4.74 Å². The second-order valence-corrected chi connectivity index (χ2v) is 3.64. The molecule has 0 aromatic carbocycles. The lowest BCUT2D eigenvalue weighted by Crippen LogP contribution is -2.02. The van der Waals surface area contributed by atoms with Crippen LogP contribution in [0.15, 0.2) is 16.7 Å². The summed E-state index contributed by atoms with van der Waals surface area (Å²) in [6.45, 7) is 0. The first-order valence-corrected chi connectivity index (χ1v) is 5.14. The van der Waals surface area contributed by atoms with Gasteiger partial charge in [-0.2, -0.15) is 0 Å². The summed E-state index contributed by atoms with van der Waals surface area (Å²) in [5.74, 6) is -0.0849. The second kappa shape index (κ2) is 4.09. The third kappa shape index (κ3) is 1.63. The zero-order chi connectivity index (χ0) is 11.7. The summed E-state index contributed by atoms with van der Waals surface area (Å²) < 4.78 is 11.5. The Balaban J connectivity index is 2.64. The van der Waals surface area contributed by atoms with Crippen LogP contribution in [-0.2, 0) is 4.74 Å². The molecule has 0 aliphatic heterocycles. The number of imidazole rings is 1. The van der Waals surface area contributed by atoms with Crippen LogP contribution in [-0.4, -0.2) is 34.8 Å². The van der Waals surface area contributed by atoms with E-state index in [4.69, 9.17) is 4.74 Å². The summed E-state index contributed by atoms with van der Waals surface area (Å²) in [7, 11) is 2.81. The summed E-state index contributed by atoms with van der Waals surface area (Å²) in [6.07, 6.45) is 0. The van der Waals surface area contributed by atoms with Crippen molar-refractivity contribution < 1.29 is 14.3 Å². The number of nitrogens with zero attached hydrogens (tertiary/aromatic N) is 3. The number of aromatic nitrogens is 3. The fraction of sp³-hybridized carbons (Fsp3) is 0.222. The maximum absolute atomic E-state index is 11.4. The molecule has 2 heterocycles. The van der Waals surface area contributed by atoms with Crippen molar-refractivity contribution >= 4 is 27.5 Å². The number of ether oxygens (including phenoxy) is 2. The lowest BCUT2D eigenvalue weighted by atomic mass is 10.5. The molecule has 0 fully saturated rings. The third-order valence-electron chi connectivity index (χ3n) is 1.99. The number of halogens is 1. The number of methoxy groups -OCH3 is 2. The van der Waals surface area contributed by atoms with Crippen molar-refractivity contribution in [2.75, 3.05) is 14.2 Å². The Morgan fingerprint density at radius 1 is 1.44 bits per heavy atom. The second-order valence-electron chi connectivity index (χ2n) is 2.89. The largest absolute Gasteiger partial charge is 0.480 e. The van der Waals surface area contributed by atoms with Gasteiger partial charge in [0.15, 0.2) is 11.3 Å². The molecule has 16 heavy (non-hydrogen) atoms. The van der Waals surface area contributed by atoms with Crippen molar-refractivity contribution in [2.24, 2.45) is 0 Å². The Bertz CT molecular complexity index is 552. The summed E-state index contributed by atoms with van der Waals surface area (Å²) in [4.78, 5) is 15.5. The van der Waals surface area contributed by atoms with Gasteiger partial charge < -0.3 is 9.47 Å². The van der Waals surface area contributed by atoms with Crippen LogP contribution in [0, 0.1) is 0 Å². The number of rotatable bonds is 2. The SMILES string of the molecule is COC(=O)c1nc2ccc(OC)nn2c1Br. The van der Waals surface area contributed by atoms with Crippen LogP contribution in [0.5, 0.6) is 5.88 Å². The Morgan fingerprint density at radius 3 is 2.81 bits per heavy atom. The summed E-state index contributed by atoms with van der Waals surface area (Å²) in [5, 5.41) is 4.11. The van der Waals surface area contributed by atoms with Gasteiger partial charge in [0.05, 0.1) is 14.2 Å². The first kappa shape index (κ1) is 10.9. The van der Waals surface area contributed by atoms with E-state index in [0.29, 0.717) is 16.1 Å². The first-order valence-electron chi connectivity index (χ1n) is 4.35. The molecule has 0 saturated heterocycles. The van der Waals surface area contributed by atoms with Crippen molar-refractivity contribution in [3.05, 3.63) is 22.4 Å². The molecule has 0 saturated carbocycles. The number of fused-ring (bicyclic) bond motifs is 1. The molecule has 0 spiro atoms. The van der Waals surface area contributed by atoms with Gasteiger partial charge in [-0.1, -0.05) is 0 Å². The van der Waals surface area contributed by atoms with E-state index in [0.717, 1.165) is 0 Å². The number of hydrogen-bond donors (Lipinski definition) is 0. The van der Waals surface area contributed by atoms with Crippen LogP contribution in [0.3, 0.4) is 0 Å². The molecular formula is C9H8BrN3O3. The quantitative estimate of drug-likeness (QED) is 0.778. The van der Waals surface area contributed by atoms with Gasteiger partial charge in [0.25, 0.3) is 0 Å². The highest BCUT2D eigenvalue weighted by atomic mass is 79.9. The van der Waals surface area contributed by atoms with E-state index >= 15 is 0 Å². The molecule has 0 aliphatic carbocycles. The minimum Gasteiger partial charge on any atom is -0.480 e. The van der Waals surface area contributed by atoms with E-state index in [1.54, 1.807) is 12.1 Å². The average molecular weight is 286 g/mol. The van der Waals surface area contributed by atoms with Crippen molar-refractivity contribution in [1.82, 2.24) is 14.6 Å². The molecule has 7 heteroatoms. The Labute approximate surface area is 99.3 Å². The van der Waals surface area contributed by atoms with E-state index in [2.05, 4.69) is 30.7 Å². The molecule has 2 aromatic heterocycles. The Morgan fingerprint density at radius 2 is 2.19 bits per heavy atom. The zero-order valence-electron chi connectivity index (χ0n) is 8.60. The van der Waals surface area contributed by atoms with Gasteiger partial charge in [-0.05, 0) is 22.0 Å². The molecule has 0 aliphatic rings. The van der Waals surface area contributed by atoms with Crippen molar-refractivity contribution in [3.63, 3.8) is 0 Å². The molecule has 2 aromatic rings. The fourth-order valence-electron chi connectivity index (χ4n) is 1.23. The van der Waals surface area contributed by atoms with Crippen LogP contribution in [0.1, 0.15) is 10.5 Å². The van der Waals surface area contributed by atoms with E-state index in [-0.39, 0.29) is 5.69 Å². The van der Waals surface area contributed by atoms with Gasteiger partial charge in [-0.25, -0.2) is 14.3 Å². The minimum absolute atomic E-state index is 0.184. The van der Waals surface area contributed by atoms with E-state index in [1.807, 2.05) is 0 Å².